The Balaban J connectivity index is 2.97. The lowest BCUT2D eigenvalue weighted by Gasteiger charge is -2.09. The number of aromatic carboxylic acids is 1. The second-order valence-corrected chi connectivity index (χ2v) is 3.55. The summed E-state index contributed by atoms with van der Waals surface area (Å²) >= 11 is 0. The molecule has 1 aromatic heterocycles. The molecule has 2 rings (SSSR count). The van der Waals surface area contributed by atoms with E-state index in [1.165, 1.54) is 25.3 Å². The van der Waals surface area contributed by atoms with Gasteiger partial charge < -0.3 is 14.3 Å². The maximum atomic E-state index is 11.2. The summed E-state index contributed by atoms with van der Waals surface area (Å²) in [5, 5.41) is 9.47. The normalized spacial score (nSPS) is 10.5. The van der Waals surface area contributed by atoms with Crippen LogP contribution < -0.4 is 10.4 Å². The van der Waals surface area contributed by atoms with E-state index in [1.54, 1.807) is 6.92 Å². The summed E-state index contributed by atoms with van der Waals surface area (Å²) in [5.74, 6) is -0.716. The molecule has 2 aromatic rings. The van der Waals surface area contributed by atoms with E-state index in [2.05, 4.69) is 0 Å². The molecule has 0 aliphatic carbocycles. The lowest BCUT2D eigenvalue weighted by molar-refractivity contribution is 0.0698. The molecule has 1 aromatic carbocycles. The average Bonchev–Trinajstić information content (AvgIpc) is 2.30. The summed E-state index contributed by atoms with van der Waals surface area (Å²) in [5.41, 5.74) is 0.371. The van der Waals surface area contributed by atoms with Gasteiger partial charge in [-0.15, -0.1) is 0 Å². The average molecular weight is 234 g/mol. The number of carbonyl (C=O) groups is 1. The number of hydrogen-bond donors (Lipinski definition) is 1. The largest absolute Gasteiger partial charge is 0.496 e. The molecule has 1 heterocycles. The first-order valence-corrected chi connectivity index (χ1v) is 4.89. The second-order valence-electron chi connectivity index (χ2n) is 3.55. The minimum atomic E-state index is -1.10. The molecule has 0 aliphatic rings. The van der Waals surface area contributed by atoms with Crippen LogP contribution in [-0.4, -0.2) is 18.2 Å². The summed E-state index contributed by atoms with van der Waals surface area (Å²) in [6.45, 7) is 1.70. The molecule has 17 heavy (non-hydrogen) atoms. The first kappa shape index (κ1) is 11.2. The maximum Gasteiger partial charge on any atom is 0.336 e. The fourth-order valence-corrected chi connectivity index (χ4v) is 1.73. The fraction of sp³-hybridized carbons (Fsp3) is 0.167. The zero-order valence-electron chi connectivity index (χ0n) is 9.31. The molecule has 0 fully saturated rings. The molecule has 88 valence electrons. The number of aryl methyl sites for hydroxylation is 1. The molecule has 0 bridgehead atoms. The van der Waals surface area contributed by atoms with Crippen molar-refractivity contribution in [2.75, 3.05) is 7.11 Å². The molecule has 1 N–H and O–H groups in total. The quantitative estimate of drug-likeness (QED) is 0.802. The van der Waals surface area contributed by atoms with Gasteiger partial charge in [0.15, 0.2) is 0 Å². The maximum absolute atomic E-state index is 11.2. The van der Waals surface area contributed by atoms with Crippen molar-refractivity contribution in [2.24, 2.45) is 0 Å². The van der Waals surface area contributed by atoms with Gasteiger partial charge in [-0.05, 0) is 19.1 Å². The van der Waals surface area contributed by atoms with E-state index in [0.717, 1.165) is 0 Å². The number of fused-ring (bicyclic) bond motifs is 1. The van der Waals surface area contributed by atoms with Crippen LogP contribution in [0.25, 0.3) is 11.0 Å². The topological polar surface area (TPSA) is 76.7 Å². The van der Waals surface area contributed by atoms with Gasteiger partial charge in [0.2, 0.25) is 0 Å². The Bertz CT molecular complexity index is 654. The molecule has 0 radical (unpaired) electrons. The van der Waals surface area contributed by atoms with Crippen molar-refractivity contribution in [1.82, 2.24) is 0 Å². The van der Waals surface area contributed by atoms with Crippen molar-refractivity contribution < 1.29 is 19.1 Å². The van der Waals surface area contributed by atoms with Gasteiger partial charge in [-0.2, -0.15) is 0 Å². The number of carboxylic acid groups (broad SMARTS) is 1. The van der Waals surface area contributed by atoms with E-state index in [4.69, 9.17) is 14.3 Å². The van der Waals surface area contributed by atoms with Crippen LogP contribution in [0.3, 0.4) is 0 Å². The summed E-state index contributed by atoms with van der Waals surface area (Å²) < 4.78 is 10.1. The molecule has 0 saturated carbocycles. The van der Waals surface area contributed by atoms with Crippen LogP contribution in [0.1, 0.15) is 15.9 Å². The molecule has 0 atom stereocenters. The summed E-state index contributed by atoms with van der Waals surface area (Å²) in [6.07, 6.45) is 0. The number of hydrogen-bond acceptors (Lipinski definition) is 4. The van der Waals surface area contributed by atoms with E-state index in [1.807, 2.05) is 0 Å². The Kier molecular flexibility index (Phi) is 2.59. The number of carboxylic acids is 1. The predicted molar refractivity (Wildman–Crippen MR) is 60.7 cm³/mol. The number of benzene rings is 1. The van der Waals surface area contributed by atoms with Crippen molar-refractivity contribution in [3.05, 3.63) is 39.7 Å². The van der Waals surface area contributed by atoms with Crippen LogP contribution >= 0.6 is 0 Å². The summed E-state index contributed by atoms with van der Waals surface area (Å²) in [4.78, 5) is 22.3. The third-order valence-electron chi connectivity index (χ3n) is 2.56. The van der Waals surface area contributed by atoms with Crippen molar-refractivity contribution in [1.29, 1.82) is 0 Å². The summed E-state index contributed by atoms with van der Waals surface area (Å²) in [6, 6.07) is 4.05. The van der Waals surface area contributed by atoms with E-state index in [-0.39, 0.29) is 11.1 Å². The molecule has 5 nitrogen and oxygen atoms in total. The van der Waals surface area contributed by atoms with Crippen LogP contribution in [0.5, 0.6) is 5.75 Å². The van der Waals surface area contributed by atoms with Gasteiger partial charge in [0, 0.05) is 17.0 Å². The van der Waals surface area contributed by atoms with Gasteiger partial charge in [0.1, 0.15) is 11.3 Å². The highest BCUT2D eigenvalue weighted by Gasteiger charge is 2.16. The Morgan fingerprint density at radius 2 is 2.12 bits per heavy atom. The zero-order chi connectivity index (χ0) is 12.6. The monoisotopic (exact) mass is 234 g/mol. The molecule has 0 aliphatic heterocycles. The fourth-order valence-electron chi connectivity index (χ4n) is 1.73. The highest BCUT2D eigenvalue weighted by molar-refractivity contribution is 6.03. The molecular weight excluding hydrogens is 224 g/mol. The van der Waals surface area contributed by atoms with Crippen molar-refractivity contribution in [3.8, 4) is 5.75 Å². The van der Waals surface area contributed by atoms with Gasteiger partial charge >= 0.3 is 11.6 Å². The molecule has 0 spiro atoms. The third-order valence-corrected chi connectivity index (χ3v) is 2.56. The van der Waals surface area contributed by atoms with E-state index >= 15 is 0 Å². The number of ether oxygens (including phenoxy) is 1. The molecule has 0 unspecified atom stereocenters. The molecule has 0 saturated heterocycles. The highest BCUT2D eigenvalue weighted by atomic mass is 16.5. The van der Waals surface area contributed by atoms with E-state index in [0.29, 0.717) is 16.7 Å². The second kappa shape index (κ2) is 3.93. The first-order valence-electron chi connectivity index (χ1n) is 4.89. The summed E-state index contributed by atoms with van der Waals surface area (Å²) in [7, 11) is 1.43. The Morgan fingerprint density at radius 3 is 2.71 bits per heavy atom. The van der Waals surface area contributed by atoms with Crippen molar-refractivity contribution in [2.45, 2.75) is 6.92 Å². The van der Waals surface area contributed by atoms with Crippen molar-refractivity contribution in [3.63, 3.8) is 0 Å². The standard InChI is InChI=1S/C12H10O5/c1-6-9(16-2)5-8(12(14)15)7-3-4-10(13)17-11(6)7/h3-5H,1-2H3,(H,14,15). The van der Waals surface area contributed by atoms with Gasteiger partial charge in [-0.3, -0.25) is 0 Å². The molecular formula is C12H10O5. The van der Waals surface area contributed by atoms with E-state index < -0.39 is 11.6 Å². The minimum Gasteiger partial charge on any atom is -0.496 e. The van der Waals surface area contributed by atoms with Crippen LogP contribution in [0, 0.1) is 6.92 Å². The van der Waals surface area contributed by atoms with Gasteiger partial charge in [-0.1, -0.05) is 0 Å². The number of methoxy groups -OCH3 is 1. The smallest absolute Gasteiger partial charge is 0.336 e. The zero-order valence-corrected chi connectivity index (χ0v) is 9.31. The van der Waals surface area contributed by atoms with Gasteiger partial charge in [0.25, 0.3) is 0 Å². The van der Waals surface area contributed by atoms with Crippen LogP contribution in [0.15, 0.2) is 27.4 Å². The minimum absolute atomic E-state index is 0.0474. The molecule has 5 heteroatoms. The Labute approximate surface area is 96.2 Å². The van der Waals surface area contributed by atoms with Crippen molar-refractivity contribution >= 4 is 16.9 Å². The third kappa shape index (κ3) is 1.75. The first-order chi connectivity index (χ1) is 8.04. The highest BCUT2D eigenvalue weighted by Crippen LogP contribution is 2.29. The SMILES string of the molecule is COc1cc(C(=O)O)c2ccc(=O)oc2c1C. The van der Waals surface area contributed by atoms with Crippen LogP contribution in [-0.2, 0) is 0 Å². The van der Waals surface area contributed by atoms with Crippen LogP contribution in [0.4, 0.5) is 0 Å². The number of rotatable bonds is 2. The molecule has 0 amide bonds. The van der Waals surface area contributed by atoms with Gasteiger partial charge in [0.05, 0.1) is 12.7 Å². The lowest BCUT2D eigenvalue weighted by atomic mass is 10.0. The lowest BCUT2D eigenvalue weighted by Crippen LogP contribution is -2.03. The van der Waals surface area contributed by atoms with E-state index in [9.17, 15) is 9.59 Å². The van der Waals surface area contributed by atoms with Gasteiger partial charge in [-0.25, -0.2) is 9.59 Å². The van der Waals surface area contributed by atoms with Crippen LogP contribution in [0.2, 0.25) is 0 Å². The Morgan fingerprint density at radius 1 is 1.41 bits per heavy atom. The Hall–Kier alpha value is -2.30. The predicted octanol–water partition coefficient (Wildman–Crippen LogP) is 1.81.